The van der Waals surface area contributed by atoms with E-state index >= 15 is 0 Å². The molecular formula is C15H17N3O2. The first-order chi connectivity index (χ1) is 9.81. The topological polar surface area (TPSA) is 50.9 Å². The van der Waals surface area contributed by atoms with Crippen LogP contribution in [0.1, 0.15) is 11.3 Å². The van der Waals surface area contributed by atoms with Crippen molar-refractivity contribution in [2.75, 3.05) is 31.2 Å². The molecule has 5 nitrogen and oxygen atoms in total. The van der Waals surface area contributed by atoms with E-state index < -0.39 is 0 Å². The molecule has 2 aromatic rings. The Morgan fingerprint density at radius 2 is 1.95 bits per heavy atom. The Balaban J connectivity index is 1.68. The lowest BCUT2D eigenvalue weighted by molar-refractivity contribution is 0.122. The van der Waals surface area contributed by atoms with Crippen molar-refractivity contribution in [1.82, 2.24) is 5.16 Å². The van der Waals surface area contributed by atoms with Crippen molar-refractivity contribution in [2.24, 2.45) is 4.99 Å². The monoisotopic (exact) mass is 271 g/mol. The van der Waals surface area contributed by atoms with Crippen LogP contribution in [0.4, 0.5) is 11.5 Å². The second-order valence-electron chi connectivity index (χ2n) is 4.74. The quantitative estimate of drug-likeness (QED) is 0.805. The maximum absolute atomic E-state index is 5.36. The standard InChI is InChI=1S/C15H17N3O2/c1-12-10-15(17-20-12)16-11-13-2-4-14(5-3-13)18-6-8-19-9-7-18/h2-5,10-11H,6-9H2,1H3. The number of rotatable bonds is 3. The number of aromatic nitrogens is 1. The minimum Gasteiger partial charge on any atom is -0.378 e. The predicted molar refractivity (Wildman–Crippen MR) is 78.0 cm³/mol. The number of aliphatic imine (C=N–C) groups is 1. The molecule has 0 spiro atoms. The van der Waals surface area contributed by atoms with Gasteiger partial charge in [0.15, 0.2) is 5.82 Å². The second-order valence-corrected chi connectivity index (χ2v) is 4.74. The molecule has 0 amide bonds. The number of nitrogens with zero attached hydrogens (tertiary/aromatic N) is 3. The molecule has 104 valence electrons. The Labute approximate surface area is 117 Å². The van der Waals surface area contributed by atoms with Gasteiger partial charge in [-0.15, -0.1) is 0 Å². The first kappa shape index (κ1) is 12.9. The number of hydrogen-bond acceptors (Lipinski definition) is 5. The fourth-order valence-electron chi connectivity index (χ4n) is 2.15. The minimum absolute atomic E-state index is 0.597. The lowest BCUT2D eigenvalue weighted by Gasteiger charge is -2.28. The van der Waals surface area contributed by atoms with E-state index in [4.69, 9.17) is 9.26 Å². The lowest BCUT2D eigenvalue weighted by atomic mass is 10.2. The van der Waals surface area contributed by atoms with Crippen LogP contribution in [0.25, 0.3) is 0 Å². The van der Waals surface area contributed by atoms with Crippen LogP contribution >= 0.6 is 0 Å². The molecular weight excluding hydrogens is 254 g/mol. The smallest absolute Gasteiger partial charge is 0.195 e. The molecule has 2 heterocycles. The minimum atomic E-state index is 0.597. The Kier molecular flexibility index (Phi) is 3.78. The van der Waals surface area contributed by atoms with Gasteiger partial charge in [0, 0.05) is 31.1 Å². The molecule has 1 saturated heterocycles. The van der Waals surface area contributed by atoms with E-state index in [0.29, 0.717) is 5.82 Å². The van der Waals surface area contributed by atoms with E-state index in [2.05, 4.69) is 39.3 Å². The first-order valence-corrected chi connectivity index (χ1v) is 6.71. The van der Waals surface area contributed by atoms with Crippen molar-refractivity contribution in [3.8, 4) is 0 Å². The fraction of sp³-hybridized carbons (Fsp3) is 0.333. The number of benzene rings is 1. The number of morpholine rings is 1. The highest BCUT2D eigenvalue weighted by Gasteiger charge is 2.10. The number of ether oxygens (including phenoxy) is 1. The average Bonchev–Trinajstić information content (AvgIpc) is 2.92. The number of aryl methyl sites for hydroxylation is 1. The molecule has 0 radical (unpaired) electrons. The maximum atomic E-state index is 5.36. The highest BCUT2D eigenvalue weighted by molar-refractivity contribution is 5.82. The summed E-state index contributed by atoms with van der Waals surface area (Å²) in [4.78, 5) is 6.60. The van der Waals surface area contributed by atoms with Crippen molar-refractivity contribution in [3.63, 3.8) is 0 Å². The Hall–Kier alpha value is -2.14. The van der Waals surface area contributed by atoms with E-state index in [1.54, 1.807) is 12.3 Å². The van der Waals surface area contributed by atoms with Crippen molar-refractivity contribution in [2.45, 2.75) is 6.92 Å². The summed E-state index contributed by atoms with van der Waals surface area (Å²) in [6, 6.07) is 10.1. The van der Waals surface area contributed by atoms with Crippen LogP contribution in [0.5, 0.6) is 0 Å². The third-order valence-corrected chi connectivity index (χ3v) is 3.23. The van der Waals surface area contributed by atoms with Gasteiger partial charge in [0.25, 0.3) is 0 Å². The molecule has 1 aliphatic rings. The largest absolute Gasteiger partial charge is 0.378 e. The maximum Gasteiger partial charge on any atom is 0.195 e. The molecule has 20 heavy (non-hydrogen) atoms. The zero-order chi connectivity index (χ0) is 13.8. The second kappa shape index (κ2) is 5.88. The normalized spacial score (nSPS) is 15.9. The third kappa shape index (κ3) is 3.05. The SMILES string of the molecule is Cc1cc(N=Cc2ccc(N3CCOCC3)cc2)no1. The summed E-state index contributed by atoms with van der Waals surface area (Å²) >= 11 is 0. The summed E-state index contributed by atoms with van der Waals surface area (Å²) in [5.41, 5.74) is 2.27. The van der Waals surface area contributed by atoms with Crippen LogP contribution in [-0.2, 0) is 4.74 Å². The van der Waals surface area contributed by atoms with Gasteiger partial charge in [0.1, 0.15) is 5.76 Å². The van der Waals surface area contributed by atoms with Crippen LogP contribution in [0.15, 0.2) is 39.8 Å². The highest BCUT2D eigenvalue weighted by atomic mass is 16.5. The highest BCUT2D eigenvalue weighted by Crippen LogP contribution is 2.17. The van der Waals surface area contributed by atoms with Crippen LogP contribution in [0, 0.1) is 6.92 Å². The lowest BCUT2D eigenvalue weighted by Crippen LogP contribution is -2.36. The van der Waals surface area contributed by atoms with E-state index in [0.717, 1.165) is 37.6 Å². The zero-order valence-corrected chi connectivity index (χ0v) is 11.5. The van der Waals surface area contributed by atoms with Gasteiger partial charge >= 0.3 is 0 Å². The molecule has 1 fully saturated rings. The molecule has 0 unspecified atom stereocenters. The Morgan fingerprint density at radius 3 is 2.60 bits per heavy atom. The molecule has 1 aromatic heterocycles. The van der Waals surface area contributed by atoms with Gasteiger partial charge in [-0.3, -0.25) is 0 Å². The van der Waals surface area contributed by atoms with E-state index in [1.165, 1.54) is 5.69 Å². The molecule has 5 heteroatoms. The molecule has 3 rings (SSSR count). The van der Waals surface area contributed by atoms with Gasteiger partial charge < -0.3 is 14.2 Å². The molecule has 0 aliphatic carbocycles. The summed E-state index contributed by atoms with van der Waals surface area (Å²) in [6.07, 6.45) is 1.79. The molecule has 1 aromatic carbocycles. The van der Waals surface area contributed by atoms with Crippen LogP contribution in [0.2, 0.25) is 0 Å². The first-order valence-electron chi connectivity index (χ1n) is 6.71. The van der Waals surface area contributed by atoms with Crippen molar-refractivity contribution in [1.29, 1.82) is 0 Å². The van der Waals surface area contributed by atoms with Crippen LogP contribution < -0.4 is 4.90 Å². The van der Waals surface area contributed by atoms with Crippen molar-refractivity contribution in [3.05, 3.63) is 41.7 Å². The van der Waals surface area contributed by atoms with Crippen molar-refractivity contribution < 1.29 is 9.26 Å². The predicted octanol–water partition coefficient (Wildman–Crippen LogP) is 2.57. The van der Waals surface area contributed by atoms with E-state index in [9.17, 15) is 0 Å². The van der Waals surface area contributed by atoms with Gasteiger partial charge in [-0.25, -0.2) is 4.99 Å². The molecule has 0 N–H and O–H groups in total. The summed E-state index contributed by atoms with van der Waals surface area (Å²) in [7, 11) is 0. The third-order valence-electron chi connectivity index (χ3n) is 3.23. The zero-order valence-electron chi connectivity index (χ0n) is 11.5. The summed E-state index contributed by atoms with van der Waals surface area (Å²) in [6.45, 7) is 5.35. The number of hydrogen-bond donors (Lipinski definition) is 0. The Bertz CT molecular complexity index is 583. The summed E-state index contributed by atoms with van der Waals surface area (Å²) < 4.78 is 10.3. The van der Waals surface area contributed by atoms with Gasteiger partial charge in [0.2, 0.25) is 0 Å². The average molecular weight is 271 g/mol. The fourth-order valence-corrected chi connectivity index (χ4v) is 2.15. The van der Waals surface area contributed by atoms with Gasteiger partial charge in [0.05, 0.1) is 13.2 Å². The number of anilines is 1. The Morgan fingerprint density at radius 1 is 1.20 bits per heavy atom. The van der Waals surface area contributed by atoms with E-state index in [-0.39, 0.29) is 0 Å². The van der Waals surface area contributed by atoms with Crippen LogP contribution in [0.3, 0.4) is 0 Å². The van der Waals surface area contributed by atoms with Gasteiger partial charge in [-0.2, -0.15) is 0 Å². The van der Waals surface area contributed by atoms with Gasteiger partial charge in [-0.1, -0.05) is 17.3 Å². The molecule has 1 aliphatic heterocycles. The molecule has 0 saturated carbocycles. The van der Waals surface area contributed by atoms with Crippen molar-refractivity contribution >= 4 is 17.7 Å². The molecule has 0 atom stereocenters. The molecule has 0 bridgehead atoms. The van der Waals surface area contributed by atoms with Crippen LogP contribution in [-0.4, -0.2) is 37.7 Å². The summed E-state index contributed by atoms with van der Waals surface area (Å²) in [5, 5.41) is 3.83. The van der Waals surface area contributed by atoms with Gasteiger partial charge in [-0.05, 0) is 24.6 Å². The van der Waals surface area contributed by atoms with E-state index in [1.807, 2.05) is 6.92 Å². The summed E-state index contributed by atoms with van der Waals surface area (Å²) in [5.74, 6) is 1.36.